The van der Waals surface area contributed by atoms with Crippen LogP contribution in [-0.2, 0) is 20.9 Å². The highest BCUT2D eigenvalue weighted by Gasteiger charge is 2.47. The lowest BCUT2D eigenvalue weighted by atomic mass is 9.82. The molecule has 3 aliphatic rings. The Morgan fingerprint density at radius 3 is 2.62 bits per heavy atom. The van der Waals surface area contributed by atoms with Gasteiger partial charge in [-0.1, -0.05) is 24.3 Å². The Balaban J connectivity index is 1.44. The Bertz CT molecular complexity index is 874. The number of fused-ring (bicyclic) bond motifs is 1. The second kappa shape index (κ2) is 7.69. The van der Waals surface area contributed by atoms with E-state index in [-0.39, 0.29) is 30.4 Å². The monoisotopic (exact) mass is 397 g/mol. The molecular formula is C21H23N3O5. The van der Waals surface area contributed by atoms with Crippen molar-refractivity contribution in [3.63, 3.8) is 0 Å². The minimum Gasteiger partial charge on any atom is -0.481 e. The zero-order valence-electron chi connectivity index (χ0n) is 15.9. The van der Waals surface area contributed by atoms with Gasteiger partial charge in [-0.3, -0.25) is 19.3 Å². The number of hydrogen-bond donors (Lipinski definition) is 2. The van der Waals surface area contributed by atoms with Crippen molar-refractivity contribution >= 4 is 29.5 Å². The Labute approximate surface area is 168 Å². The van der Waals surface area contributed by atoms with Crippen LogP contribution in [-0.4, -0.2) is 51.3 Å². The molecule has 29 heavy (non-hydrogen) atoms. The highest BCUT2D eigenvalue weighted by molar-refractivity contribution is 6.04. The second-order valence-corrected chi connectivity index (χ2v) is 7.74. The van der Waals surface area contributed by atoms with E-state index >= 15 is 0 Å². The van der Waals surface area contributed by atoms with Gasteiger partial charge >= 0.3 is 12.0 Å². The number of urea groups is 1. The van der Waals surface area contributed by atoms with Crippen LogP contribution in [0.25, 0.3) is 0 Å². The summed E-state index contributed by atoms with van der Waals surface area (Å²) in [6, 6.07) is 6.37. The van der Waals surface area contributed by atoms with Crippen molar-refractivity contribution in [3.05, 3.63) is 42.0 Å². The molecule has 8 nitrogen and oxygen atoms in total. The number of carboxylic acids is 1. The lowest BCUT2D eigenvalue weighted by molar-refractivity contribution is -0.146. The second-order valence-electron chi connectivity index (χ2n) is 7.74. The molecular weight excluding hydrogens is 374 g/mol. The van der Waals surface area contributed by atoms with Crippen LogP contribution in [0.4, 0.5) is 10.5 Å². The molecule has 2 aliphatic heterocycles. The summed E-state index contributed by atoms with van der Waals surface area (Å²) in [5.41, 5.74) is 1.25. The summed E-state index contributed by atoms with van der Waals surface area (Å²) in [5.74, 6) is -2.85. The van der Waals surface area contributed by atoms with E-state index in [1.165, 1.54) is 4.90 Å². The molecule has 2 heterocycles. The number of carbonyl (C=O) groups is 4. The number of aliphatic carboxylic acids is 1. The van der Waals surface area contributed by atoms with Crippen molar-refractivity contribution in [2.75, 3.05) is 11.9 Å². The summed E-state index contributed by atoms with van der Waals surface area (Å²) in [6.07, 6.45) is 5.90. The van der Waals surface area contributed by atoms with E-state index in [2.05, 4.69) is 5.32 Å². The third kappa shape index (κ3) is 3.62. The van der Waals surface area contributed by atoms with E-state index in [4.69, 9.17) is 0 Å². The molecule has 4 amide bonds. The van der Waals surface area contributed by atoms with Crippen LogP contribution < -0.4 is 5.32 Å². The standard InChI is InChI=1S/C21H23N3O5/c25-18(15-7-1-2-8-16(15)20(27)28)22-14-6-3-5-13(11-14)12-24-19(26)17-9-4-10-23(17)21(24)29/h1-3,5-6,11,15-17H,4,7-10,12H2,(H,22,25)(H,27,28). The number of allylic oxidation sites excluding steroid dienone is 2. The summed E-state index contributed by atoms with van der Waals surface area (Å²) in [6.45, 7) is 0.765. The van der Waals surface area contributed by atoms with Crippen LogP contribution in [0.5, 0.6) is 0 Å². The van der Waals surface area contributed by atoms with E-state index in [9.17, 15) is 24.3 Å². The zero-order chi connectivity index (χ0) is 20.5. The normalized spacial score (nSPS) is 26.0. The largest absolute Gasteiger partial charge is 0.481 e. The molecule has 0 spiro atoms. The van der Waals surface area contributed by atoms with Gasteiger partial charge in [0.2, 0.25) is 5.91 Å². The number of anilines is 1. The van der Waals surface area contributed by atoms with Crippen LogP contribution in [0.15, 0.2) is 36.4 Å². The van der Waals surface area contributed by atoms with Gasteiger partial charge in [-0.15, -0.1) is 0 Å². The molecule has 1 aromatic rings. The summed E-state index contributed by atoms with van der Waals surface area (Å²) < 4.78 is 0. The van der Waals surface area contributed by atoms with E-state index in [0.29, 0.717) is 31.5 Å². The van der Waals surface area contributed by atoms with E-state index in [1.807, 2.05) is 6.08 Å². The number of carboxylic acid groups (broad SMARTS) is 1. The summed E-state index contributed by atoms with van der Waals surface area (Å²) in [5, 5.41) is 12.1. The lowest BCUT2D eigenvalue weighted by Gasteiger charge is -2.24. The molecule has 3 unspecified atom stereocenters. The minimum absolute atomic E-state index is 0.151. The van der Waals surface area contributed by atoms with Gasteiger partial charge in [0, 0.05) is 12.2 Å². The number of nitrogens with one attached hydrogen (secondary N) is 1. The summed E-state index contributed by atoms with van der Waals surface area (Å²) in [7, 11) is 0. The molecule has 1 aromatic carbocycles. The number of amides is 4. The highest BCUT2D eigenvalue weighted by Crippen LogP contribution is 2.30. The predicted molar refractivity (Wildman–Crippen MR) is 104 cm³/mol. The molecule has 2 fully saturated rings. The minimum atomic E-state index is -0.977. The first-order chi connectivity index (χ1) is 14.0. The van der Waals surface area contributed by atoms with Gasteiger partial charge in [-0.2, -0.15) is 0 Å². The number of carbonyl (C=O) groups excluding carboxylic acids is 3. The third-order valence-corrected chi connectivity index (χ3v) is 5.90. The molecule has 152 valence electrons. The van der Waals surface area contributed by atoms with Gasteiger partial charge in [-0.25, -0.2) is 4.79 Å². The zero-order valence-corrected chi connectivity index (χ0v) is 15.9. The first-order valence-electron chi connectivity index (χ1n) is 9.85. The molecule has 2 saturated heterocycles. The van der Waals surface area contributed by atoms with E-state index in [1.54, 1.807) is 35.2 Å². The van der Waals surface area contributed by atoms with Gasteiger partial charge in [0.25, 0.3) is 5.91 Å². The number of imide groups is 1. The number of nitrogens with zero attached hydrogens (tertiary/aromatic N) is 2. The van der Waals surface area contributed by atoms with Crippen molar-refractivity contribution in [2.24, 2.45) is 11.8 Å². The van der Waals surface area contributed by atoms with Gasteiger partial charge in [0.15, 0.2) is 0 Å². The third-order valence-electron chi connectivity index (χ3n) is 5.90. The molecule has 0 aromatic heterocycles. The molecule has 1 aliphatic carbocycles. The van der Waals surface area contributed by atoms with E-state index < -0.39 is 17.8 Å². The maximum Gasteiger partial charge on any atom is 0.327 e. The SMILES string of the molecule is O=C(O)C1CC=CCC1C(=O)Nc1cccc(CN2C(=O)C3CCCN3C2=O)c1. The highest BCUT2D eigenvalue weighted by atomic mass is 16.4. The number of benzene rings is 1. The fourth-order valence-electron chi connectivity index (χ4n) is 4.37. The molecule has 8 heteroatoms. The van der Waals surface area contributed by atoms with Gasteiger partial charge < -0.3 is 15.3 Å². The van der Waals surface area contributed by atoms with Crippen molar-refractivity contribution in [1.29, 1.82) is 0 Å². The fraction of sp³-hybridized carbons (Fsp3) is 0.429. The molecule has 4 rings (SSSR count). The number of hydrogen-bond acceptors (Lipinski definition) is 4. The maximum absolute atomic E-state index is 12.6. The van der Waals surface area contributed by atoms with Gasteiger partial charge in [0.1, 0.15) is 6.04 Å². The van der Waals surface area contributed by atoms with Crippen molar-refractivity contribution in [2.45, 2.75) is 38.3 Å². The first-order valence-corrected chi connectivity index (χ1v) is 9.85. The van der Waals surface area contributed by atoms with Crippen LogP contribution in [0.3, 0.4) is 0 Å². The maximum atomic E-state index is 12.6. The Kier molecular flexibility index (Phi) is 5.08. The Morgan fingerprint density at radius 2 is 1.90 bits per heavy atom. The van der Waals surface area contributed by atoms with Crippen LogP contribution >= 0.6 is 0 Å². The van der Waals surface area contributed by atoms with Gasteiger partial charge in [-0.05, 0) is 43.4 Å². The van der Waals surface area contributed by atoms with Gasteiger partial charge in [0.05, 0.1) is 18.4 Å². The average Bonchev–Trinajstić information content (AvgIpc) is 3.28. The first kappa shape index (κ1) is 19.2. The molecule has 0 radical (unpaired) electrons. The van der Waals surface area contributed by atoms with E-state index in [0.717, 1.165) is 12.0 Å². The smallest absolute Gasteiger partial charge is 0.327 e. The summed E-state index contributed by atoms with van der Waals surface area (Å²) in [4.78, 5) is 51.9. The van der Waals surface area contributed by atoms with Crippen molar-refractivity contribution in [1.82, 2.24) is 9.80 Å². The summed E-state index contributed by atoms with van der Waals surface area (Å²) >= 11 is 0. The Hall–Kier alpha value is -3.16. The van der Waals surface area contributed by atoms with Crippen LogP contribution in [0.2, 0.25) is 0 Å². The van der Waals surface area contributed by atoms with Crippen LogP contribution in [0.1, 0.15) is 31.2 Å². The number of rotatable bonds is 5. The quantitative estimate of drug-likeness (QED) is 0.585. The van der Waals surface area contributed by atoms with Crippen LogP contribution in [0, 0.1) is 11.8 Å². The van der Waals surface area contributed by atoms with Crippen molar-refractivity contribution in [3.8, 4) is 0 Å². The Morgan fingerprint density at radius 1 is 1.14 bits per heavy atom. The fourth-order valence-corrected chi connectivity index (χ4v) is 4.37. The topological polar surface area (TPSA) is 107 Å². The average molecular weight is 397 g/mol. The molecule has 0 bridgehead atoms. The molecule has 0 saturated carbocycles. The van der Waals surface area contributed by atoms with Crippen molar-refractivity contribution < 1.29 is 24.3 Å². The lowest BCUT2D eigenvalue weighted by Crippen LogP contribution is -2.34. The molecule has 2 N–H and O–H groups in total. The predicted octanol–water partition coefficient (Wildman–Crippen LogP) is 2.22. The molecule has 3 atom stereocenters.